The molecule has 0 aromatic heterocycles. The average Bonchev–Trinajstić information content (AvgIpc) is 3.35. The van der Waals surface area contributed by atoms with E-state index in [2.05, 4.69) is 30.8 Å². The van der Waals surface area contributed by atoms with Crippen molar-refractivity contribution in [3.8, 4) is 11.5 Å². The quantitative estimate of drug-likeness (QED) is 0.138. The van der Waals surface area contributed by atoms with Crippen LogP contribution in [-0.4, -0.2) is 110 Å². The van der Waals surface area contributed by atoms with Gasteiger partial charge in [0.15, 0.2) is 11.8 Å². The van der Waals surface area contributed by atoms with Gasteiger partial charge in [0.25, 0.3) is 0 Å². The maximum atomic E-state index is 13.9. The number of nitrogens with one attached hydrogen (secondary N) is 1. The fraction of sp³-hybridized carbons (Fsp3) is 0.730. The van der Waals surface area contributed by atoms with Gasteiger partial charge in [0.2, 0.25) is 5.91 Å². The van der Waals surface area contributed by atoms with Crippen molar-refractivity contribution in [3.63, 3.8) is 0 Å². The number of aryl methyl sites for hydroxylation is 1. The Balaban J connectivity index is 1.35. The highest BCUT2D eigenvalue weighted by Crippen LogP contribution is 2.65. The molecule has 2 heterocycles. The van der Waals surface area contributed by atoms with Crippen LogP contribution in [0.25, 0.3) is 0 Å². The van der Waals surface area contributed by atoms with Crippen LogP contribution in [0.3, 0.4) is 0 Å². The Morgan fingerprint density at radius 1 is 1.04 bits per heavy atom. The monoisotopic (exact) mass is 730 g/mol. The SMILES string of the molecule is COC(=O)[C@H](CO)NC(=O)CN1CC(Oc2ccc(CCB3O[C@@H]4C[C@@H]5C[C@@H](C5(C)C)[C@]4(C)O3)c(OC(=O)OC(C)(C)C)c2C(=O)OC(C)(C)C)C1. The molecule has 3 saturated carbocycles. The molecule has 2 N–H and O–H groups in total. The van der Waals surface area contributed by atoms with Gasteiger partial charge in [-0.2, -0.15) is 0 Å². The number of esters is 2. The van der Waals surface area contributed by atoms with Gasteiger partial charge in [0.05, 0.1) is 32.0 Å². The molecule has 6 rings (SSSR count). The highest BCUT2D eigenvalue weighted by molar-refractivity contribution is 6.45. The molecule has 1 aromatic carbocycles. The van der Waals surface area contributed by atoms with Gasteiger partial charge in [-0.15, -0.1) is 0 Å². The van der Waals surface area contributed by atoms with Crippen molar-refractivity contribution in [1.29, 1.82) is 0 Å². The number of carbonyl (C=O) groups is 4. The number of aliphatic hydroxyl groups excluding tert-OH is 1. The molecule has 5 fully saturated rings. The van der Waals surface area contributed by atoms with Crippen LogP contribution in [0.2, 0.25) is 6.32 Å². The minimum absolute atomic E-state index is 0.0110. The number of rotatable bonds is 12. The largest absolute Gasteiger partial charge is 0.514 e. The van der Waals surface area contributed by atoms with Gasteiger partial charge >= 0.3 is 25.2 Å². The van der Waals surface area contributed by atoms with Crippen molar-refractivity contribution in [3.05, 3.63) is 23.3 Å². The summed E-state index contributed by atoms with van der Waals surface area (Å²) in [5.41, 5.74) is -1.43. The minimum Gasteiger partial charge on any atom is -0.487 e. The van der Waals surface area contributed by atoms with E-state index in [4.69, 9.17) is 28.3 Å². The number of amides is 1. The second-order valence-corrected chi connectivity index (χ2v) is 17.2. The summed E-state index contributed by atoms with van der Waals surface area (Å²) in [5, 5.41) is 11.9. The zero-order chi connectivity index (χ0) is 38.4. The lowest BCUT2D eigenvalue weighted by molar-refractivity contribution is -0.199. The number of hydrogen-bond donors (Lipinski definition) is 2. The number of ether oxygens (including phenoxy) is 5. The van der Waals surface area contributed by atoms with Crippen molar-refractivity contribution >= 4 is 31.1 Å². The third-order valence-corrected chi connectivity index (χ3v) is 10.6. The lowest BCUT2D eigenvalue weighted by Gasteiger charge is -2.64. The van der Waals surface area contributed by atoms with Gasteiger partial charge < -0.3 is 43.4 Å². The molecule has 2 aliphatic heterocycles. The van der Waals surface area contributed by atoms with Crippen LogP contribution < -0.4 is 14.8 Å². The van der Waals surface area contributed by atoms with E-state index in [-0.39, 0.29) is 40.7 Å². The fourth-order valence-electron chi connectivity index (χ4n) is 7.91. The van der Waals surface area contributed by atoms with Crippen LogP contribution in [0.15, 0.2) is 12.1 Å². The van der Waals surface area contributed by atoms with Gasteiger partial charge in [-0.1, -0.05) is 19.9 Å². The van der Waals surface area contributed by atoms with Crippen LogP contribution in [-0.2, 0) is 39.5 Å². The number of aliphatic hydroxyl groups is 1. The standard InChI is InChI=1S/C37H55BN2O12/c1-34(2,3)49-32(44)29-25(47-23-17-40(18-23)19-28(42)39-24(20-41)31(43)46-10)12-11-21(30(29)48-33(45)50-35(4,5)6)13-14-38-51-27-16-22-15-26(36(22,7)8)37(27,9)52-38/h11-12,22-24,26-27,41H,13-20H2,1-10H3,(H,39,42)/t22-,24-,26-,27+,37-/m0/s1. The number of likely N-dealkylation sites (tertiary alicyclic amines) is 1. The molecular formula is C37H55BN2O12. The Bertz CT molecular complexity index is 1530. The molecule has 2 bridgehead atoms. The molecule has 0 radical (unpaired) electrons. The summed E-state index contributed by atoms with van der Waals surface area (Å²) in [5.74, 6) is -0.835. The second-order valence-electron chi connectivity index (χ2n) is 17.2. The molecule has 14 nitrogen and oxygen atoms in total. The highest BCUT2D eigenvalue weighted by atomic mass is 16.7. The van der Waals surface area contributed by atoms with E-state index in [1.807, 2.05) is 0 Å². The normalized spacial score (nSPS) is 25.9. The molecule has 2 saturated heterocycles. The first-order valence-electron chi connectivity index (χ1n) is 18.1. The van der Waals surface area contributed by atoms with Crippen LogP contribution in [0.5, 0.6) is 11.5 Å². The summed E-state index contributed by atoms with van der Waals surface area (Å²) in [6.45, 7) is 17.1. The van der Waals surface area contributed by atoms with E-state index in [9.17, 15) is 24.3 Å². The zero-order valence-corrected chi connectivity index (χ0v) is 32.2. The summed E-state index contributed by atoms with van der Waals surface area (Å²) in [6.07, 6.45) is 1.49. The predicted molar refractivity (Wildman–Crippen MR) is 189 cm³/mol. The van der Waals surface area contributed by atoms with Gasteiger partial charge in [-0.05, 0) is 103 Å². The summed E-state index contributed by atoms with van der Waals surface area (Å²) >= 11 is 0. The van der Waals surface area contributed by atoms with Gasteiger partial charge in [0.1, 0.15) is 28.6 Å². The van der Waals surface area contributed by atoms with E-state index < -0.39 is 61.1 Å². The summed E-state index contributed by atoms with van der Waals surface area (Å²) < 4.78 is 41.1. The summed E-state index contributed by atoms with van der Waals surface area (Å²) in [7, 11) is 0.696. The van der Waals surface area contributed by atoms with Crippen LogP contribution in [0.4, 0.5) is 4.79 Å². The predicted octanol–water partition coefficient (Wildman–Crippen LogP) is 3.94. The Hall–Kier alpha value is -3.40. The Labute approximate surface area is 306 Å². The third kappa shape index (κ3) is 8.69. The van der Waals surface area contributed by atoms with Crippen molar-refractivity contribution in [1.82, 2.24) is 10.2 Å². The van der Waals surface area contributed by atoms with Crippen LogP contribution in [0.1, 0.15) is 91.1 Å². The molecule has 288 valence electrons. The number of nitrogens with zero attached hydrogens (tertiary/aromatic N) is 1. The summed E-state index contributed by atoms with van der Waals surface area (Å²) in [4.78, 5) is 53.1. The molecule has 1 aromatic rings. The lowest BCUT2D eigenvalue weighted by atomic mass is 9.43. The number of carbonyl (C=O) groups excluding carboxylic acids is 4. The molecule has 0 spiro atoms. The summed E-state index contributed by atoms with van der Waals surface area (Å²) in [6, 6.07) is 2.24. The molecule has 1 amide bonds. The third-order valence-electron chi connectivity index (χ3n) is 10.6. The average molecular weight is 731 g/mol. The number of hydrogen-bond acceptors (Lipinski definition) is 13. The maximum absolute atomic E-state index is 13.9. The number of methoxy groups -OCH3 is 1. The van der Waals surface area contributed by atoms with Crippen molar-refractivity contribution in [2.24, 2.45) is 17.3 Å². The molecule has 15 heteroatoms. The first-order valence-corrected chi connectivity index (χ1v) is 18.1. The van der Waals surface area contributed by atoms with E-state index in [1.54, 1.807) is 58.6 Å². The Kier molecular flexibility index (Phi) is 11.3. The molecular weight excluding hydrogens is 675 g/mol. The highest BCUT2D eigenvalue weighted by Gasteiger charge is 2.67. The lowest BCUT2D eigenvalue weighted by Crippen LogP contribution is -2.65. The van der Waals surface area contributed by atoms with Crippen LogP contribution >= 0.6 is 0 Å². The molecule has 3 aliphatic carbocycles. The van der Waals surface area contributed by atoms with E-state index in [1.165, 1.54) is 7.11 Å². The first kappa shape index (κ1) is 39.8. The minimum atomic E-state index is -1.17. The van der Waals surface area contributed by atoms with E-state index in [0.29, 0.717) is 43.2 Å². The Morgan fingerprint density at radius 2 is 1.71 bits per heavy atom. The zero-order valence-electron chi connectivity index (χ0n) is 32.2. The first-order chi connectivity index (χ1) is 24.1. The fourth-order valence-corrected chi connectivity index (χ4v) is 7.91. The van der Waals surface area contributed by atoms with Gasteiger partial charge in [0, 0.05) is 13.1 Å². The van der Waals surface area contributed by atoms with Crippen LogP contribution in [0, 0.1) is 17.3 Å². The topological polar surface area (TPSA) is 168 Å². The van der Waals surface area contributed by atoms with Crippen molar-refractivity contribution in [2.45, 2.75) is 123 Å². The number of benzene rings is 1. The molecule has 0 unspecified atom stereocenters. The van der Waals surface area contributed by atoms with E-state index in [0.717, 1.165) is 12.8 Å². The molecule has 5 aliphatic rings. The second kappa shape index (κ2) is 14.8. The van der Waals surface area contributed by atoms with Crippen molar-refractivity contribution < 1.29 is 57.3 Å². The van der Waals surface area contributed by atoms with Gasteiger partial charge in [-0.25, -0.2) is 14.4 Å². The molecule has 5 atom stereocenters. The van der Waals surface area contributed by atoms with Crippen molar-refractivity contribution in [2.75, 3.05) is 33.4 Å². The smallest absolute Gasteiger partial charge is 0.487 e. The maximum Gasteiger partial charge on any atom is 0.514 e. The van der Waals surface area contributed by atoms with E-state index >= 15 is 0 Å². The Morgan fingerprint density at radius 3 is 2.31 bits per heavy atom. The molecule has 52 heavy (non-hydrogen) atoms. The van der Waals surface area contributed by atoms with Gasteiger partial charge in [-0.3, -0.25) is 9.69 Å².